The lowest BCUT2D eigenvalue weighted by atomic mass is 10.2. The molecule has 8 nitrogen and oxygen atoms in total. The van der Waals surface area contributed by atoms with Crippen molar-refractivity contribution in [2.24, 2.45) is 5.14 Å². The summed E-state index contributed by atoms with van der Waals surface area (Å²) in [4.78, 5) is 12.2. The largest absolute Gasteiger partial charge is 0.322 e. The molecule has 0 bridgehead atoms. The third kappa shape index (κ3) is 4.42. The van der Waals surface area contributed by atoms with Crippen LogP contribution in [-0.4, -0.2) is 41.1 Å². The summed E-state index contributed by atoms with van der Waals surface area (Å²) in [7, 11) is -4.79. The first-order chi connectivity index (χ1) is 11.5. The molecule has 0 saturated heterocycles. The number of nitrogens with zero attached hydrogens (tertiary/aromatic N) is 1. The van der Waals surface area contributed by atoms with E-state index in [1.54, 1.807) is 0 Å². The Balaban J connectivity index is 2.31. The number of carbonyl (C=O) groups is 1. The predicted octanol–water partition coefficient (Wildman–Crippen LogP) is 0.837. The van der Waals surface area contributed by atoms with Crippen LogP contribution < -0.4 is 10.5 Å². The summed E-state index contributed by atoms with van der Waals surface area (Å²) in [6.07, 6.45) is 0. The Labute approximate surface area is 146 Å². The Morgan fingerprint density at radius 1 is 0.960 bits per heavy atom. The first-order valence-electron chi connectivity index (χ1n) is 6.98. The van der Waals surface area contributed by atoms with Crippen molar-refractivity contribution in [3.63, 3.8) is 0 Å². The van der Waals surface area contributed by atoms with Crippen molar-refractivity contribution in [3.05, 3.63) is 54.1 Å². The average Bonchev–Trinajstić information content (AvgIpc) is 2.54. The Bertz CT molecular complexity index is 1010. The maximum Gasteiger partial charge on any atom is 0.255 e. The SMILES string of the molecule is CN(C)S(=O)(=O)c1cccc(C(=O)Nc2cccc(S(N)(=O)=O)c2)c1. The smallest absolute Gasteiger partial charge is 0.255 e. The van der Waals surface area contributed by atoms with Crippen molar-refractivity contribution in [3.8, 4) is 0 Å². The molecule has 0 saturated carbocycles. The van der Waals surface area contributed by atoms with Crippen molar-refractivity contribution in [2.45, 2.75) is 9.79 Å². The van der Waals surface area contributed by atoms with Crippen LogP contribution >= 0.6 is 0 Å². The third-order valence-electron chi connectivity index (χ3n) is 3.30. The van der Waals surface area contributed by atoms with Gasteiger partial charge in [0.05, 0.1) is 9.79 Å². The molecule has 0 spiro atoms. The lowest BCUT2D eigenvalue weighted by Gasteiger charge is -2.12. The first kappa shape index (κ1) is 19.1. The van der Waals surface area contributed by atoms with E-state index in [1.807, 2.05) is 0 Å². The molecule has 25 heavy (non-hydrogen) atoms. The van der Waals surface area contributed by atoms with Gasteiger partial charge in [-0.15, -0.1) is 0 Å². The van der Waals surface area contributed by atoms with Gasteiger partial charge in [-0.25, -0.2) is 26.3 Å². The molecule has 2 aromatic rings. The highest BCUT2D eigenvalue weighted by Crippen LogP contribution is 2.18. The van der Waals surface area contributed by atoms with E-state index < -0.39 is 26.0 Å². The van der Waals surface area contributed by atoms with Crippen LogP contribution in [0.2, 0.25) is 0 Å². The molecule has 0 aliphatic carbocycles. The fraction of sp³-hybridized carbons (Fsp3) is 0.133. The van der Waals surface area contributed by atoms with Gasteiger partial charge in [-0.2, -0.15) is 0 Å². The van der Waals surface area contributed by atoms with E-state index >= 15 is 0 Å². The lowest BCUT2D eigenvalue weighted by molar-refractivity contribution is 0.102. The minimum absolute atomic E-state index is 0.0246. The second-order valence-corrected chi connectivity index (χ2v) is 9.06. The zero-order chi connectivity index (χ0) is 18.8. The van der Waals surface area contributed by atoms with Crippen LogP contribution in [0.4, 0.5) is 5.69 Å². The number of amides is 1. The topological polar surface area (TPSA) is 127 Å². The van der Waals surface area contributed by atoms with Gasteiger partial charge in [-0.05, 0) is 36.4 Å². The number of nitrogens with one attached hydrogen (secondary N) is 1. The number of primary sulfonamides is 1. The fourth-order valence-corrected chi connectivity index (χ4v) is 3.47. The van der Waals surface area contributed by atoms with Gasteiger partial charge >= 0.3 is 0 Å². The van der Waals surface area contributed by atoms with E-state index in [2.05, 4.69) is 5.32 Å². The normalized spacial score (nSPS) is 12.2. The standard InChI is InChI=1S/C15H17N3O5S2/c1-18(2)25(22,23)14-8-3-5-11(9-14)15(19)17-12-6-4-7-13(10-12)24(16,20)21/h3-10H,1-2H3,(H,17,19)(H2,16,20,21). The van der Waals surface area contributed by atoms with Crippen molar-refractivity contribution in [1.29, 1.82) is 0 Å². The number of nitrogens with two attached hydrogens (primary N) is 1. The number of hydrogen-bond acceptors (Lipinski definition) is 5. The molecule has 0 radical (unpaired) electrons. The average molecular weight is 383 g/mol. The monoisotopic (exact) mass is 383 g/mol. The number of carbonyl (C=O) groups excluding carboxylic acids is 1. The first-order valence-corrected chi connectivity index (χ1v) is 9.97. The highest BCUT2D eigenvalue weighted by Gasteiger charge is 2.19. The van der Waals surface area contributed by atoms with E-state index in [0.717, 1.165) is 4.31 Å². The number of sulfonamides is 2. The van der Waals surface area contributed by atoms with Crippen molar-refractivity contribution < 1.29 is 21.6 Å². The van der Waals surface area contributed by atoms with Gasteiger partial charge in [-0.3, -0.25) is 4.79 Å². The summed E-state index contributed by atoms with van der Waals surface area (Å²) in [6, 6.07) is 11.0. The molecule has 0 aromatic heterocycles. The van der Waals surface area contributed by atoms with Gasteiger partial charge < -0.3 is 5.32 Å². The summed E-state index contributed by atoms with van der Waals surface area (Å²) < 4.78 is 48.0. The Hall–Kier alpha value is -2.27. The van der Waals surface area contributed by atoms with Crippen molar-refractivity contribution in [1.82, 2.24) is 4.31 Å². The van der Waals surface area contributed by atoms with Crippen molar-refractivity contribution in [2.75, 3.05) is 19.4 Å². The molecule has 0 aliphatic heterocycles. The van der Waals surface area contributed by atoms with Crippen LogP contribution in [0.25, 0.3) is 0 Å². The zero-order valence-corrected chi connectivity index (χ0v) is 15.1. The second-order valence-electron chi connectivity index (χ2n) is 5.34. The molecule has 0 aliphatic rings. The Morgan fingerprint density at radius 3 is 2.16 bits per heavy atom. The zero-order valence-electron chi connectivity index (χ0n) is 13.5. The van der Waals surface area contributed by atoms with E-state index in [4.69, 9.17) is 5.14 Å². The molecule has 134 valence electrons. The summed E-state index contributed by atoms with van der Waals surface area (Å²) in [5.41, 5.74) is 0.335. The molecule has 0 fully saturated rings. The molecule has 0 heterocycles. The molecule has 0 unspecified atom stereocenters. The predicted molar refractivity (Wildman–Crippen MR) is 93.1 cm³/mol. The molecule has 2 rings (SSSR count). The van der Waals surface area contributed by atoms with Gasteiger partial charge in [-0.1, -0.05) is 12.1 Å². The molecule has 1 amide bonds. The quantitative estimate of drug-likeness (QED) is 0.791. The highest BCUT2D eigenvalue weighted by molar-refractivity contribution is 7.89. The van der Waals surface area contributed by atoms with Crippen LogP contribution in [-0.2, 0) is 20.0 Å². The molecule has 10 heteroatoms. The molecule has 3 N–H and O–H groups in total. The number of benzene rings is 2. The molecular formula is C15H17N3O5S2. The Kier molecular flexibility index (Phi) is 5.28. The summed E-state index contributed by atoms with van der Waals surface area (Å²) >= 11 is 0. The maximum atomic E-state index is 12.3. The molecular weight excluding hydrogens is 366 g/mol. The van der Waals surface area contributed by atoms with E-state index in [9.17, 15) is 21.6 Å². The maximum absolute atomic E-state index is 12.3. The molecule has 2 aromatic carbocycles. The van der Waals surface area contributed by atoms with Gasteiger partial charge in [0.25, 0.3) is 5.91 Å². The summed E-state index contributed by atoms with van der Waals surface area (Å²) in [5.74, 6) is -0.581. The van der Waals surface area contributed by atoms with E-state index in [-0.39, 0.29) is 21.0 Å². The van der Waals surface area contributed by atoms with E-state index in [0.29, 0.717) is 0 Å². The fourth-order valence-electron chi connectivity index (χ4n) is 1.96. The van der Waals surface area contributed by atoms with Crippen LogP contribution in [0, 0.1) is 0 Å². The summed E-state index contributed by atoms with van der Waals surface area (Å²) in [6.45, 7) is 0. The van der Waals surface area contributed by atoms with Gasteiger partial charge in [0.1, 0.15) is 0 Å². The van der Waals surface area contributed by atoms with Crippen LogP contribution in [0.15, 0.2) is 58.3 Å². The minimum Gasteiger partial charge on any atom is -0.322 e. The highest BCUT2D eigenvalue weighted by atomic mass is 32.2. The van der Waals surface area contributed by atoms with E-state index in [1.165, 1.54) is 62.6 Å². The van der Waals surface area contributed by atoms with Crippen LogP contribution in [0.3, 0.4) is 0 Å². The number of hydrogen-bond donors (Lipinski definition) is 2. The minimum atomic E-state index is -3.90. The number of rotatable bonds is 5. The van der Waals surface area contributed by atoms with Crippen LogP contribution in [0.5, 0.6) is 0 Å². The van der Waals surface area contributed by atoms with Crippen LogP contribution in [0.1, 0.15) is 10.4 Å². The number of anilines is 1. The lowest BCUT2D eigenvalue weighted by Crippen LogP contribution is -2.22. The van der Waals surface area contributed by atoms with Crippen molar-refractivity contribution >= 4 is 31.6 Å². The van der Waals surface area contributed by atoms with Gasteiger partial charge in [0.15, 0.2) is 0 Å². The Morgan fingerprint density at radius 2 is 1.56 bits per heavy atom. The van der Waals surface area contributed by atoms with Gasteiger partial charge in [0.2, 0.25) is 20.0 Å². The summed E-state index contributed by atoms with van der Waals surface area (Å²) in [5, 5.41) is 7.56. The second kappa shape index (κ2) is 6.92. The van der Waals surface area contributed by atoms with Gasteiger partial charge in [0, 0.05) is 25.3 Å². The third-order valence-corrected chi connectivity index (χ3v) is 6.02. The molecule has 0 atom stereocenters.